The van der Waals surface area contributed by atoms with Crippen molar-refractivity contribution >= 4 is 21.8 Å². The first kappa shape index (κ1) is 20.2. The van der Waals surface area contributed by atoms with Gasteiger partial charge in [-0.15, -0.1) is 0 Å². The van der Waals surface area contributed by atoms with E-state index in [4.69, 9.17) is 4.74 Å². The molecule has 0 spiro atoms. The van der Waals surface area contributed by atoms with E-state index in [9.17, 15) is 18.0 Å². The molecule has 148 valence electrons. The molecule has 28 heavy (non-hydrogen) atoms. The highest BCUT2D eigenvalue weighted by Gasteiger charge is 2.27. The van der Waals surface area contributed by atoms with Crippen LogP contribution in [0.2, 0.25) is 0 Å². The van der Waals surface area contributed by atoms with Crippen LogP contribution in [0, 0.1) is 6.92 Å². The van der Waals surface area contributed by atoms with Crippen LogP contribution in [0.4, 0.5) is 0 Å². The first-order valence-electron chi connectivity index (χ1n) is 9.23. The summed E-state index contributed by atoms with van der Waals surface area (Å²) in [7, 11) is -3.63. The van der Waals surface area contributed by atoms with Crippen molar-refractivity contribution in [1.29, 1.82) is 0 Å². The molecule has 1 aliphatic heterocycles. The van der Waals surface area contributed by atoms with Crippen molar-refractivity contribution in [3.63, 3.8) is 0 Å². The van der Waals surface area contributed by atoms with E-state index < -0.39 is 16.0 Å². The van der Waals surface area contributed by atoms with Gasteiger partial charge in [0, 0.05) is 18.7 Å². The zero-order valence-corrected chi connectivity index (χ0v) is 16.8. The zero-order chi connectivity index (χ0) is 20.3. The number of piperidine rings is 1. The van der Waals surface area contributed by atoms with E-state index in [1.807, 2.05) is 0 Å². The Kier molecular flexibility index (Phi) is 5.96. The van der Waals surface area contributed by atoms with Crippen LogP contribution in [0.5, 0.6) is 5.75 Å². The predicted octanol–water partition coefficient (Wildman–Crippen LogP) is 3.59. The fourth-order valence-corrected chi connectivity index (χ4v) is 4.70. The number of esters is 1. The maximum atomic E-state index is 12.9. The number of hydrogen-bond donors (Lipinski definition) is 0. The summed E-state index contributed by atoms with van der Waals surface area (Å²) < 4.78 is 32.6. The van der Waals surface area contributed by atoms with Crippen LogP contribution in [0.15, 0.2) is 47.4 Å². The second-order valence-corrected chi connectivity index (χ2v) is 8.85. The molecule has 1 heterocycles. The quantitative estimate of drug-likeness (QED) is 0.434. The smallest absolute Gasteiger partial charge is 0.343 e. The van der Waals surface area contributed by atoms with Gasteiger partial charge in [0.05, 0.1) is 10.5 Å². The summed E-state index contributed by atoms with van der Waals surface area (Å²) in [4.78, 5) is 24.0. The Morgan fingerprint density at radius 1 is 0.964 bits per heavy atom. The number of rotatable bonds is 5. The largest absolute Gasteiger partial charge is 0.423 e. The summed E-state index contributed by atoms with van der Waals surface area (Å²) in [6.45, 7) is 4.18. The lowest BCUT2D eigenvalue weighted by molar-refractivity contribution is 0.0733. The van der Waals surface area contributed by atoms with E-state index in [0.717, 1.165) is 19.3 Å². The van der Waals surface area contributed by atoms with Gasteiger partial charge in [-0.3, -0.25) is 4.79 Å². The first-order chi connectivity index (χ1) is 13.3. The fourth-order valence-electron chi connectivity index (χ4n) is 3.16. The molecule has 1 fully saturated rings. The van der Waals surface area contributed by atoms with Crippen molar-refractivity contribution < 1.29 is 22.7 Å². The number of ether oxygens (including phenoxy) is 1. The van der Waals surface area contributed by atoms with E-state index in [0.29, 0.717) is 30.0 Å². The van der Waals surface area contributed by atoms with E-state index >= 15 is 0 Å². The maximum absolute atomic E-state index is 12.9. The summed E-state index contributed by atoms with van der Waals surface area (Å²) in [6, 6.07) is 10.8. The number of carbonyl (C=O) groups excluding carboxylic acids is 2. The standard InChI is InChI=1S/C21H23NO5S/c1-15-6-11-19(28(25,26)22-12-4-3-5-13-22)14-20(15)21(24)27-18-9-7-17(8-10-18)16(2)23/h6-11,14H,3-5,12-13H2,1-2H3. The summed E-state index contributed by atoms with van der Waals surface area (Å²) in [5, 5.41) is 0. The van der Waals surface area contributed by atoms with Gasteiger partial charge in [0.2, 0.25) is 10.0 Å². The molecule has 6 nitrogen and oxygen atoms in total. The van der Waals surface area contributed by atoms with Gasteiger partial charge in [-0.2, -0.15) is 4.31 Å². The number of sulfonamides is 1. The van der Waals surface area contributed by atoms with Gasteiger partial charge in [0.25, 0.3) is 0 Å². The third-order valence-corrected chi connectivity index (χ3v) is 6.75. The minimum atomic E-state index is -3.63. The van der Waals surface area contributed by atoms with Gasteiger partial charge in [-0.05, 0) is 68.7 Å². The Hall–Kier alpha value is -2.51. The normalized spacial score (nSPS) is 15.2. The van der Waals surface area contributed by atoms with Gasteiger partial charge >= 0.3 is 5.97 Å². The molecule has 1 saturated heterocycles. The lowest BCUT2D eigenvalue weighted by Crippen LogP contribution is -2.35. The van der Waals surface area contributed by atoms with Crippen molar-refractivity contribution in [3.05, 3.63) is 59.2 Å². The van der Waals surface area contributed by atoms with Gasteiger partial charge in [-0.25, -0.2) is 13.2 Å². The number of hydrogen-bond acceptors (Lipinski definition) is 5. The van der Waals surface area contributed by atoms with Gasteiger partial charge < -0.3 is 4.74 Å². The van der Waals surface area contributed by atoms with E-state index in [1.54, 1.807) is 25.1 Å². The highest BCUT2D eigenvalue weighted by Crippen LogP contribution is 2.24. The average Bonchev–Trinajstić information content (AvgIpc) is 2.69. The molecule has 2 aromatic rings. The molecule has 0 aliphatic carbocycles. The molecule has 0 aromatic heterocycles. The fraction of sp³-hybridized carbons (Fsp3) is 0.333. The zero-order valence-electron chi connectivity index (χ0n) is 16.0. The molecule has 0 radical (unpaired) electrons. The van der Waals surface area contributed by atoms with Crippen molar-refractivity contribution in [2.75, 3.05) is 13.1 Å². The van der Waals surface area contributed by atoms with E-state index in [2.05, 4.69) is 0 Å². The van der Waals surface area contributed by atoms with Crippen LogP contribution in [0.3, 0.4) is 0 Å². The second-order valence-electron chi connectivity index (χ2n) is 6.91. The second kappa shape index (κ2) is 8.24. The van der Waals surface area contributed by atoms with Gasteiger partial charge in [0.15, 0.2) is 5.78 Å². The number of aryl methyl sites for hydroxylation is 1. The Bertz CT molecular complexity index is 990. The molecule has 7 heteroatoms. The number of ketones is 1. The molecule has 0 atom stereocenters. The molecule has 0 unspecified atom stereocenters. The summed E-state index contributed by atoms with van der Waals surface area (Å²) in [6.07, 6.45) is 2.71. The van der Waals surface area contributed by atoms with Crippen LogP contribution in [0.1, 0.15) is 52.5 Å². The molecule has 3 rings (SSSR count). The van der Waals surface area contributed by atoms with Crippen LogP contribution < -0.4 is 4.74 Å². The number of Topliss-reactive ketones (excluding diaryl/α,β-unsaturated/α-hetero) is 1. The summed E-state index contributed by atoms with van der Waals surface area (Å²) in [5.74, 6) is -0.424. The van der Waals surface area contributed by atoms with E-state index in [-0.39, 0.29) is 16.2 Å². The lowest BCUT2D eigenvalue weighted by atomic mass is 10.1. The number of nitrogens with zero attached hydrogens (tertiary/aromatic N) is 1. The number of carbonyl (C=O) groups is 2. The van der Waals surface area contributed by atoms with Crippen LogP contribution in [-0.4, -0.2) is 37.6 Å². The van der Waals surface area contributed by atoms with Crippen LogP contribution in [-0.2, 0) is 10.0 Å². The maximum Gasteiger partial charge on any atom is 0.343 e. The minimum Gasteiger partial charge on any atom is -0.423 e. The SMILES string of the molecule is CC(=O)c1ccc(OC(=O)c2cc(S(=O)(=O)N3CCCCC3)ccc2C)cc1. The van der Waals surface area contributed by atoms with Crippen molar-refractivity contribution in [1.82, 2.24) is 4.31 Å². The molecule has 0 saturated carbocycles. The minimum absolute atomic E-state index is 0.0793. The molecular formula is C21H23NO5S. The van der Waals surface area contributed by atoms with Crippen LogP contribution >= 0.6 is 0 Å². The average molecular weight is 401 g/mol. The Balaban J connectivity index is 1.84. The number of benzene rings is 2. The molecule has 0 amide bonds. The van der Waals surface area contributed by atoms with Gasteiger partial charge in [-0.1, -0.05) is 12.5 Å². The first-order valence-corrected chi connectivity index (χ1v) is 10.7. The third kappa shape index (κ3) is 4.31. The molecule has 0 bridgehead atoms. The molecule has 1 aliphatic rings. The lowest BCUT2D eigenvalue weighted by Gasteiger charge is -2.26. The monoisotopic (exact) mass is 401 g/mol. The topological polar surface area (TPSA) is 80.8 Å². The Labute approximate surface area is 165 Å². The molecular weight excluding hydrogens is 378 g/mol. The summed E-state index contributed by atoms with van der Waals surface area (Å²) in [5.41, 5.74) is 1.35. The molecule has 2 aromatic carbocycles. The Morgan fingerprint density at radius 3 is 2.21 bits per heavy atom. The highest BCUT2D eigenvalue weighted by atomic mass is 32.2. The highest BCUT2D eigenvalue weighted by molar-refractivity contribution is 7.89. The van der Waals surface area contributed by atoms with Crippen molar-refractivity contribution in [2.45, 2.75) is 38.0 Å². The van der Waals surface area contributed by atoms with Crippen molar-refractivity contribution in [3.8, 4) is 5.75 Å². The van der Waals surface area contributed by atoms with Gasteiger partial charge in [0.1, 0.15) is 5.75 Å². The van der Waals surface area contributed by atoms with E-state index in [1.165, 1.54) is 35.5 Å². The summed E-state index contributed by atoms with van der Waals surface area (Å²) >= 11 is 0. The third-order valence-electron chi connectivity index (χ3n) is 4.85. The van der Waals surface area contributed by atoms with Crippen LogP contribution in [0.25, 0.3) is 0 Å². The van der Waals surface area contributed by atoms with Crippen molar-refractivity contribution in [2.24, 2.45) is 0 Å². The Morgan fingerprint density at radius 2 is 1.61 bits per heavy atom. The predicted molar refractivity (Wildman–Crippen MR) is 105 cm³/mol. The molecule has 0 N–H and O–H groups in total.